The van der Waals surface area contributed by atoms with Gasteiger partial charge in [-0.25, -0.2) is 0 Å². The smallest absolute Gasteiger partial charge is 0.240 e. The van der Waals surface area contributed by atoms with Crippen molar-refractivity contribution in [2.45, 2.75) is 53.5 Å². The number of ketones is 1. The summed E-state index contributed by atoms with van der Waals surface area (Å²) in [4.78, 5) is 48.4. The van der Waals surface area contributed by atoms with Gasteiger partial charge in [-0.15, -0.1) is 0 Å². The van der Waals surface area contributed by atoms with Gasteiger partial charge in [0.2, 0.25) is 17.7 Å². The Morgan fingerprint density at radius 1 is 1.19 bits per heavy atom. The van der Waals surface area contributed by atoms with Crippen LogP contribution in [0.25, 0.3) is 0 Å². The van der Waals surface area contributed by atoms with Gasteiger partial charge in [-0.1, -0.05) is 27.7 Å². The minimum absolute atomic E-state index is 0.0434. The van der Waals surface area contributed by atoms with Crippen LogP contribution >= 0.6 is 0 Å². The van der Waals surface area contributed by atoms with Crippen molar-refractivity contribution >= 4 is 23.5 Å². The summed E-state index contributed by atoms with van der Waals surface area (Å²) in [6, 6.07) is -0.594. The van der Waals surface area contributed by atoms with E-state index in [1.54, 1.807) is 0 Å². The lowest BCUT2D eigenvalue weighted by molar-refractivity contribution is -0.155. The summed E-state index contributed by atoms with van der Waals surface area (Å²) in [6.07, 6.45) is 0.485. The third kappa shape index (κ3) is 4.65. The van der Waals surface area contributed by atoms with E-state index in [-0.39, 0.29) is 48.3 Å². The second-order valence-electron chi connectivity index (χ2n) is 6.79. The van der Waals surface area contributed by atoms with Crippen LogP contribution in [-0.4, -0.2) is 41.0 Å². The molecular formula is C15H24N2O4. The minimum Gasteiger partial charge on any atom is -0.344 e. The Morgan fingerprint density at radius 3 is 2.05 bits per heavy atom. The summed E-state index contributed by atoms with van der Waals surface area (Å²) in [5.74, 6) is -1.34. The molecule has 3 amide bonds. The van der Waals surface area contributed by atoms with Crippen molar-refractivity contribution in [3.8, 4) is 0 Å². The molecule has 1 atom stereocenters. The summed E-state index contributed by atoms with van der Waals surface area (Å²) < 4.78 is 0. The van der Waals surface area contributed by atoms with Gasteiger partial charge in [-0.3, -0.25) is 24.1 Å². The van der Waals surface area contributed by atoms with E-state index in [0.29, 0.717) is 0 Å². The highest BCUT2D eigenvalue weighted by molar-refractivity contribution is 6.02. The molecule has 0 aromatic rings. The standard InChI is InChI=1S/C15H24N2O4/c1-9(2)14(10(3)18)16-11(19)8-17-12(20)6-15(4,5)7-13(17)21/h9,14H,6-8H2,1-5H3,(H,16,19). The summed E-state index contributed by atoms with van der Waals surface area (Å²) in [5.41, 5.74) is -0.360. The van der Waals surface area contributed by atoms with Gasteiger partial charge < -0.3 is 5.32 Å². The lowest BCUT2D eigenvalue weighted by Crippen LogP contribution is -2.52. The molecule has 0 aliphatic carbocycles. The largest absolute Gasteiger partial charge is 0.344 e. The molecule has 21 heavy (non-hydrogen) atoms. The molecule has 1 heterocycles. The van der Waals surface area contributed by atoms with Gasteiger partial charge in [0, 0.05) is 12.8 Å². The van der Waals surface area contributed by atoms with Gasteiger partial charge in [0.05, 0.1) is 6.04 Å². The first-order valence-corrected chi connectivity index (χ1v) is 7.16. The predicted octanol–water partition coefficient (Wildman–Crippen LogP) is 0.891. The van der Waals surface area contributed by atoms with Gasteiger partial charge in [-0.2, -0.15) is 0 Å². The molecule has 1 aliphatic heterocycles. The molecular weight excluding hydrogens is 272 g/mol. The number of nitrogens with zero attached hydrogens (tertiary/aromatic N) is 1. The van der Waals surface area contributed by atoms with Crippen LogP contribution in [-0.2, 0) is 19.2 Å². The van der Waals surface area contributed by atoms with Gasteiger partial charge in [-0.05, 0) is 18.3 Å². The van der Waals surface area contributed by atoms with E-state index in [4.69, 9.17) is 0 Å². The van der Waals surface area contributed by atoms with Crippen molar-refractivity contribution in [2.75, 3.05) is 6.54 Å². The molecule has 0 bridgehead atoms. The van der Waals surface area contributed by atoms with Crippen LogP contribution in [0.2, 0.25) is 0 Å². The van der Waals surface area contributed by atoms with E-state index in [0.717, 1.165) is 4.90 Å². The van der Waals surface area contributed by atoms with E-state index in [2.05, 4.69) is 5.32 Å². The molecule has 0 aromatic heterocycles. The molecule has 1 N–H and O–H groups in total. The van der Waals surface area contributed by atoms with Crippen LogP contribution in [0, 0.1) is 11.3 Å². The number of hydrogen-bond acceptors (Lipinski definition) is 4. The Labute approximate surface area is 125 Å². The number of rotatable bonds is 5. The number of imide groups is 1. The summed E-state index contributed by atoms with van der Waals surface area (Å²) in [5, 5.41) is 2.59. The van der Waals surface area contributed by atoms with E-state index < -0.39 is 11.9 Å². The fraction of sp³-hybridized carbons (Fsp3) is 0.733. The van der Waals surface area contributed by atoms with Crippen molar-refractivity contribution in [1.29, 1.82) is 0 Å². The zero-order valence-electron chi connectivity index (χ0n) is 13.4. The summed E-state index contributed by atoms with van der Waals surface area (Å²) in [6.45, 7) is 8.45. The Balaban J connectivity index is 2.68. The van der Waals surface area contributed by atoms with Crippen molar-refractivity contribution in [2.24, 2.45) is 11.3 Å². The van der Waals surface area contributed by atoms with E-state index in [1.807, 2.05) is 27.7 Å². The first kappa shape index (κ1) is 17.3. The molecule has 0 aromatic carbocycles. The Kier molecular flexibility index (Phi) is 5.25. The van der Waals surface area contributed by atoms with Crippen molar-refractivity contribution in [3.05, 3.63) is 0 Å². The molecule has 6 nitrogen and oxygen atoms in total. The van der Waals surface area contributed by atoms with Crippen LogP contribution in [0.1, 0.15) is 47.5 Å². The molecule has 0 spiro atoms. The maximum Gasteiger partial charge on any atom is 0.240 e. The Hall–Kier alpha value is -1.72. The highest BCUT2D eigenvalue weighted by Gasteiger charge is 2.38. The first-order valence-electron chi connectivity index (χ1n) is 7.16. The molecule has 6 heteroatoms. The molecule has 118 valence electrons. The molecule has 0 saturated carbocycles. The lowest BCUT2D eigenvalue weighted by Gasteiger charge is -2.34. The van der Waals surface area contributed by atoms with Crippen molar-refractivity contribution in [3.63, 3.8) is 0 Å². The SMILES string of the molecule is CC(=O)C(NC(=O)CN1C(=O)CC(C)(C)CC1=O)C(C)C. The topological polar surface area (TPSA) is 83.6 Å². The van der Waals surface area contributed by atoms with E-state index in [1.165, 1.54) is 6.92 Å². The number of amides is 3. The highest BCUT2D eigenvalue weighted by Crippen LogP contribution is 2.31. The van der Waals surface area contributed by atoms with Crippen LogP contribution in [0.4, 0.5) is 0 Å². The normalized spacial score (nSPS) is 19.6. The third-order valence-corrected chi connectivity index (χ3v) is 3.58. The zero-order valence-corrected chi connectivity index (χ0v) is 13.4. The monoisotopic (exact) mass is 296 g/mol. The second-order valence-corrected chi connectivity index (χ2v) is 6.79. The predicted molar refractivity (Wildman–Crippen MR) is 77.2 cm³/mol. The Morgan fingerprint density at radius 2 is 1.67 bits per heavy atom. The quantitative estimate of drug-likeness (QED) is 0.764. The average Bonchev–Trinajstić information content (AvgIpc) is 2.28. The van der Waals surface area contributed by atoms with Crippen molar-refractivity contribution < 1.29 is 19.2 Å². The van der Waals surface area contributed by atoms with Crippen LogP contribution in [0.5, 0.6) is 0 Å². The van der Waals surface area contributed by atoms with Gasteiger partial charge in [0.1, 0.15) is 6.54 Å². The highest BCUT2D eigenvalue weighted by atomic mass is 16.2. The van der Waals surface area contributed by atoms with Gasteiger partial charge >= 0.3 is 0 Å². The van der Waals surface area contributed by atoms with Gasteiger partial charge in [0.15, 0.2) is 5.78 Å². The number of likely N-dealkylation sites (tertiary alicyclic amines) is 1. The fourth-order valence-corrected chi connectivity index (χ4v) is 2.49. The fourth-order valence-electron chi connectivity index (χ4n) is 2.49. The maximum atomic E-state index is 12.0. The number of nitrogens with one attached hydrogen (secondary N) is 1. The first-order chi connectivity index (χ1) is 9.53. The molecule has 1 saturated heterocycles. The average molecular weight is 296 g/mol. The molecule has 1 rings (SSSR count). The summed E-state index contributed by atoms with van der Waals surface area (Å²) in [7, 11) is 0. The van der Waals surface area contributed by atoms with E-state index >= 15 is 0 Å². The molecule has 1 fully saturated rings. The van der Waals surface area contributed by atoms with Crippen LogP contribution in [0.15, 0.2) is 0 Å². The number of Topliss-reactive ketones (excluding diaryl/α,β-unsaturated/α-hetero) is 1. The van der Waals surface area contributed by atoms with Crippen LogP contribution in [0.3, 0.4) is 0 Å². The van der Waals surface area contributed by atoms with Crippen LogP contribution < -0.4 is 5.32 Å². The Bertz CT molecular complexity index is 448. The lowest BCUT2D eigenvalue weighted by atomic mass is 9.82. The molecule has 1 aliphatic rings. The number of carbonyl (C=O) groups is 4. The van der Waals surface area contributed by atoms with E-state index in [9.17, 15) is 19.2 Å². The number of piperidine rings is 1. The molecule has 0 radical (unpaired) electrons. The minimum atomic E-state index is -0.594. The second kappa shape index (κ2) is 6.37. The molecule has 1 unspecified atom stereocenters. The maximum absolute atomic E-state index is 12.0. The zero-order chi connectivity index (χ0) is 16.4. The summed E-state index contributed by atoms with van der Waals surface area (Å²) >= 11 is 0. The number of carbonyl (C=O) groups excluding carboxylic acids is 4. The number of hydrogen-bond donors (Lipinski definition) is 1. The third-order valence-electron chi connectivity index (χ3n) is 3.58. The van der Waals surface area contributed by atoms with Gasteiger partial charge in [0.25, 0.3) is 0 Å². The van der Waals surface area contributed by atoms with Crippen molar-refractivity contribution in [1.82, 2.24) is 10.2 Å².